The van der Waals surface area contributed by atoms with Gasteiger partial charge in [0, 0.05) is 23.5 Å². The molecule has 0 atom stereocenters. The van der Waals surface area contributed by atoms with Crippen LogP contribution in [0.5, 0.6) is 11.5 Å². The van der Waals surface area contributed by atoms with Gasteiger partial charge in [-0.05, 0) is 69.6 Å². The van der Waals surface area contributed by atoms with Crippen LogP contribution in [0.25, 0.3) is 0 Å². The van der Waals surface area contributed by atoms with Gasteiger partial charge >= 0.3 is 12.4 Å². The first kappa shape index (κ1) is 37.5. The largest absolute Gasteiger partial charge is 0.493 e. The van der Waals surface area contributed by atoms with Crippen molar-refractivity contribution in [3.8, 4) is 11.5 Å². The molecular formula is C30H31Cl2F6N3O4. The van der Waals surface area contributed by atoms with Gasteiger partial charge in [-0.25, -0.2) is 0 Å². The highest BCUT2D eigenvalue weighted by Crippen LogP contribution is 2.38. The molecule has 7 nitrogen and oxygen atoms in total. The summed E-state index contributed by atoms with van der Waals surface area (Å²) >= 11 is 11.3. The van der Waals surface area contributed by atoms with E-state index in [1.165, 1.54) is 18.2 Å². The Bertz CT molecular complexity index is 1500. The van der Waals surface area contributed by atoms with E-state index >= 15 is 0 Å². The molecule has 45 heavy (non-hydrogen) atoms. The van der Waals surface area contributed by atoms with E-state index in [-0.39, 0.29) is 47.2 Å². The Morgan fingerprint density at radius 3 is 1.62 bits per heavy atom. The fraction of sp³-hybridized carbons (Fsp3) is 0.333. The zero-order chi connectivity index (χ0) is 34.1. The predicted molar refractivity (Wildman–Crippen MR) is 162 cm³/mol. The Labute approximate surface area is 266 Å². The fourth-order valence-corrected chi connectivity index (χ4v) is 4.15. The van der Waals surface area contributed by atoms with Crippen LogP contribution in [0, 0.1) is 0 Å². The van der Waals surface area contributed by atoms with E-state index in [2.05, 4.69) is 10.6 Å². The van der Waals surface area contributed by atoms with E-state index in [0.717, 1.165) is 18.2 Å². The highest BCUT2D eigenvalue weighted by Gasteiger charge is 2.35. The number of ether oxygens (including phenoxy) is 2. The molecule has 0 heterocycles. The summed E-state index contributed by atoms with van der Waals surface area (Å²) in [6, 6.07) is 7.98. The first-order valence-corrected chi connectivity index (χ1v) is 14.2. The molecule has 0 spiro atoms. The standard InChI is InChI=1S/C28H25Cl2F6N3O4.C2H6/c1-4-42-22-11-15(25(40)37-16-5-7-20(29)18(13-16)27(31,32)33)12-23(43-10-9-39(2)3)24(22)26(41)38-17-6-8-21(30)19(14-17)28(34,35)36;1-2/h5-8,11-14H,4,9-10H2,1-3H3,(H,37,40)(H,38,41);1-2H3. The number of benzene rings is 3. The third kappa shape index (κ3) is 10.4. The number of amides is 2. The van der Waals surface area contributed by atoms with Crippen molar-refractivity contribution in [2.24, 2.45) is 0 Å². The Morgan fingerprint density at radius 1 is 0.756 bits per heavy atom. The highest BCUT2D eigenvalue weighted by molar-refractivity contribution is 6.32. The monoisotopic (exact) mass is 681 g/mol. The third-order valence-corrected chi connectivity index (χ3v) is 6.37. The van der Waals surface area contributed by atoms with E-state index < -0.39 is 45.3 Å². The summed E-state index contributed by atoms with van der Waals surface area (Å²) in [6.07, 6.45) is -9.55. The van der Waals surface area contributed by atoms with E-state index in [4.69, 9.17) is 32.7 Å². The minimum Gasteiger partial charge on any atom is -0.493 e. The van der Waals surface area contributed by atoms with Gasteiger partial charge in [0.2, 0.25) is 0 Å². The van der Waals surface area contributed by atoms with Gasteiger partial charge in [-0.3, -0.25) is 9.59 Å². The lowest BCUT2D eigenvalue weighted by atomic mass is 10.1. The van der Waals surface area contributed by atoms with Gasteiger partial charge < -0.3 is 25.0 Å². The number of likely N-dealkylation sites (N-methyl/N-ethyl adjacent to an activating group) is 1. The molecule has 3 rings (SSSR count). The smallest absolute Gasteiger partial charge is 0.417 e. The molecule has 0 saturated heterocycles. The Hall–Kier alpha value is -3.68. The van der Waals surface area contributed by atoms with Crippen molar-refractivity contribution in [2.75, 3.05) is 44.5 Å². The number of nitrogens with one attached hydrogen (secondary N) is 2. The topological polar surface area (TPSA) is 79.9 Å². The average Bonchev–Trinajstić information content (AvgIpc) is 2.94. The number of carbonyl (C=O) groups is 2. The molecule has 0 bridgehead atoms. The maximum absolute atomic E-state index is 13.4. The van der Waals surface area contributed by atoms with Crippen molar-refractivity contribution in [3.05, 3.63) is 80.8 Å². The van der Waals surface area contributed by atoms with Crippen molar-refractivity contribution < 1.29 is 45.4 Å². The molecule has 0 aromatic heterocycles. The second-order valence-corrected chi connectivity index (χ2v) is 10.0. The molecule has 0 fully saturated rings. The van der Waals surface area contributed by atoms with E-state index in [1.807, 2.05) is 13.8 Å². The minimum atomic E-state index is -4.78. The second kappa shape index (κ2) is 16.1. The quantitative estimate of drug-likeness (QED) is 0.209. The number of rotatable bonds is 10. The molecule has 0 unspecified atom stereocenters. The summed E-state index contributed by atoms with van der Waals surface area (Å²) < 4.78 is 91.3. The zero-order valence-electron chi connectivity index (χ0n) is 24.8. The molecule has 2 amide bonds. The Morgan fingerprint density at radius 2 is 1.20 bits per heavy atom. The van der Waals surface area contributed by atoms with Crippen molar-refractivity contribution in [2.45, 2.75) is 33.1 Å². The van der Waals surface area contributed by atoms with E-state index in [0.29, 0.717) is 18.7 Å². The average molecular weight is 682 g/mol. The van der Waals surface area contributed by atoms with Gasteiger partial charge in [0.1, 0.15) is 23.7 Å². The van der Waals surface area contributed by atoms with Gasteiger partial charge in [-0.15, -0.1) is 0 Å². The number of anilines is 2. The number of carbonyl (C=O) groups excluding carboxylic acids is 2. The van der Waals surface area contributed by atoms with E-state index in [9.17, 15) is 35.9 Å². The lowest BCUT2D eigenvalue weighted by molar-refractivity contribution is -0.138. The summed E-state index contributed by atoms with van der Waals surface area (Å²) in [5, 5.41) is 3.59. The summed E-state index contributed by atoms with van der Waals surface area (Å²) in [5.74, 6) is -2.11. The van der Waals surface area contributed by atoms with Crippen molar-refractivity contribution in [3.63, 3.8) is 0 Å². The second-order valence-electron chi connectivity index (χ2n) is 9.23. The maximum Gasteiger partial charge on any atom is 0.417 e. The molecule has 0 aliphatic rings. The van der Waals surface area contributed by atoms with E-state index in [1.54, 1.807) is 25.9 Å². The van der Waals surface area contributed by atoms with Gasteiger partial charge in [-0.1, -0.05) is 37.0 Å². The molecule has 15 heteroatoms. The summed E-state index contributed by atoms with van der Waals surface area (Å²) in [6.45, 7) is 5.99. The first-order chi connectivity index (χ1) is 21.0. The molecule has 3 aromatic carbocycles. The summed E-state index contributed by atoms with van der Waals surface area (Å²) in [7, 11) is 3.51. The predicted octanol–water partition coefficient (Wildman–Crippen LogP) is 8.90. The van der Waals surface area contributed by atoms with Crippen LogP contribution in [0.3, 0.4) is 0 Å². The van der Waals surface area contributed by atoms with Gasteiger partial charge in [0.25, 0.3) is 11.8 Å². The van der Waals surface area contributed by atoms with Crippen LogP contribution in [0.1, 0.15) is 52.6 Å². The maximum atomic E-state index is 13.4. The lowest BCUT2D eigenvalue weighted by Gasteiger charge is -2.19. The first-order valence-electron chi connectivity index (χ1n) is 13.5. The van der Waals surface area contributed by atoms with Gasteiger partial charge in [0.05, 0.1) is 27.8 Å². The van der Waals surface area contributed by atoms with Gasteiger partial charge in [-0.2, -0.15) is 26.3 Å². The fourth-order valence-electron chi connectivity index (χ4n) is 3.70. The molecule has 3 aromatic rings. The summed E-state index contributed by atoms with van der Waals surface area (Å²) in [4.78, 5) is 28.3. The number of alkyl halides is 6. The van der Waals surface area contributed by atoms with Crippen LogP contribution in [0.4, 0.5) is 37.7 Å². The summed E-state index contributed by atoms with van der Waals surface area (Å²) in [5.41, 5.74) is -3.13. The molecule has 2 N–H and O–H groups in total. The van der Waals surface area contributed by atoms with Gasteiger partial charge in [0.15, 0.2) is 0 Å². The molecule has 0 aliphatic carbocycles. The Balaban J connectivity index is 0.00000345. The molecule has 246 valence electrons. The molecule has 0 aliphatic heterocycles. The van der Waals surface area contributed by atoms with Crippen LogP contribution in [-0.4, -0.2) is 50.6 Å². The van der Waals surface area contributed by atoms with Crippen molar-refractivity contribution in [1.29, 1.82) is 0 Å². The molecular weight excluding hydrogens is 651 g/mol. The van der Waals surface area contributed by atoms with Crippen LogP contribution in [0.2, 0.25) is 10.0 Å². The normalized spacial score (nSPS) is 11.4. The third-order valence-electron chi connectivity index (χ3n) is 5.71. The number of hydrogen-bond acceptors (Lipinski definition) is 5. The molecule has 0 radical (unpaired) electrons. The van der Waals surface area contributed by atoms with Crippen LogP contribution in [0.15, 0.2) is 48.5 Å². The van der Waals surface area contributed by atoms with Crippen LogP contribution in [-0.2, 0) is 12.4 Å². The van der Waals surface area contributed by atoms with Crippen LogP contribution < -0.4 is 20.1 Å². The van der Waals surface area contributed by atoms with Crippen molar-refractivity contribution in [1.82, 2.24) is 4.90 Å². The number of hydrogen-bond donors (Lipinski definition) is 2. The SMILES string of the molecule is CC.CCOc1cc(C(=O)Nc2ccc(Cl)c(C(F)(F)F)c2)cc(OCCN(C)C)c1C(=O)Nc1ccc(Cl)c(C(F)(F)F)c1. The van der Waals surface area contributed by atoms with Crippen LogP contribution >= 0.6 is 23.2 Å². The molecule has 0 saturated carbocycles. The lowest BCUT2D eigenvalue weighted by Crippen LogP contribution is -2.22. The zero-order valence-corrected chi connectivity index (χ0v) is 26.4. The minimum absolute atomic E-state index is 0.00772. The number of halogens is 8. The Kier molecular flexibility index (Phi) is 13.4. The number of nitrogens with zero attached hydrogens (tertiary/aromatic N) is 1. The highest BCUT2D eigenvalue weighted by atomic mass is 35.5. The van der Waals surface area contributed by atoms with Crippen molar-refractivity contribution >= 4 is 46.4 Å².